The molecular formula is C21H27NO3S2. The molecule has 1 atom stereocenters. The van der Waals surface area contributed by atoms with Gasteiger partial charge in [0.1, 0.15) is 5.00 Å². The third-order valence-electron chi connectivity index (χ3n) is 4.98. The van der Waals surface area contributed by atoms with E-state index in [-0.39, 0.29) is 18.0 Å². The monoisotopic (exact) mass is 405 g/mol. The fourth-order valence-electron chi connectivity index (χ4n) is 3.44. The van der Waals surface area contributed by atoms with Gasteiger partial charge in [-0.15, -0.1) is 22.7 Å². The quantitative estimate of drug-likeness (QED) is 0.627. The van der Waals surface area contributed by atoms with E-state index in [4.69, 9.17) is 4.74 Å². The van der Waals surface area contributed by atoms with Crippen molar-refractivity contribution in [3.8, 4) is 0 Å². The molecule has 0 radical (unpaired) electrons. The van der Waals surface area contributed by atoms with Crippen LogP contribution in [0, 0.1) is 5.92 Å². The number of rotatable bonds is 6. The molecule has 1 aliphatic carbocycles. The molecule has 1 N–H and O–H groups in total. The summed E-state index contributed by atoms with van der Waals surface area (Å²) < 4.78 is 5.48. The van der Waals surface area contributed by atoms with Crippen molar-refractivity contribution in [2.75, 3.05) is 5.32 Å². The number of carbonyl (C=O) groups is 2. The van der Waals surface area contributed by atoms with E-state index in [0.717, 1.165) is 37.7 Å². The van der Waals surface area contributed by atoms with Crippen LogP contribution in [-0.4, -0.2) is 18.0 Å². The summed E-state index contributed by atoms with van der Waals surface area (Å²) in [5.41, 5.74) is 2.29. The number of amides is 1. The lowest BCUT2D eigenvalue weighted by Crippen LogP contribution is -2.19. The van der Waals surface area contributed by atoms with Crippen molar-refractivity contribution in [2.24, 2.45) is 5.92 Å². The number of anilines is 1. The minimum absolute atomic E-state index is 0.157. The topological polar surface area (TPSA) is 55.4 Å². The summed E-state index contributed by atoms with van der Waals surface area (Å²) in [5.74, 6) is 0.167. The molecule has 0 aliphatic heterocycles. The number of aryl methyl sites for hydroxylation is 1. The molecule has 0 bridgehead atoms. The molecule has 1 unspecified atom stereocenters. The largest absolute Gasteiger partial charge is 0.459 e. The third kappa shape index (κ3) is 4.43. The second-order valence-corrected chi connectivity index (χ2v) is 9.39. The Morgan fingerprint density at radius 1 is 1.33 bits per heavy atom. The molecule has 1 aliphatic rings. The maximum Gasteiger partial charge on any atom is 0.341 e. The predicted molar refractivity (Wildman–Crippen MR) is 112 cm³/mol. The number of ether oxygens (including phenoxy) is 1. The van der Waals surface area contributed by atoms with Gasteiger partial charge in [0.25, 0.3) is 5.91 Å². The third-order valence-corrected chi connectivity index (χ3v) is 7.23. The molecule has 3 rings (SSSR count). The number of carbonyl (C=O) groups excluding carboxylic acids is 2. The molecule has 0 saturated heterocycles. The minimum atomic E-state index is -0.327. The van der Waals surface area contributed by atoms with Gasteiger partial charge in [-0.1, -0.05) is 20.3 Å². The maximum absolute atomic E-state index is 12.8. The number of fused-ring (bicyclic) bond motifs is 1. The molecule has 27 heavy (non-hydrogen) atoms. The summed E-state index contributed by atoms with van der Waals surface area (Å²) in [7, 11) is 0. The first-order chi connectivity index (χ1) is 12.9. The Labute approximate surface area is 168 Å². The zero-order valence-corrected chi connectivity index (χ0v) is 18.0. The zero-order valence-electron chi connectivity index (χ0n) is 16.4. The number of hydrogen-bond donors (Lipinski definition) is 1. The molecule has 0 saturated carbocycles. The van der Waals surface area contributed by atoms with E-state index in [9.17, 15) is 9.59 Å². The molecular weight excluding hydrogens is 378 g/mol. The molecule has 2 aromatic heterocycles. The van der Waals surface area contributed by atoms with Crippen LogP contribution >= 0.6 is 22.7 Å². The van der Waals surface area contributed by atoms with Crippen LogP contribution in [0.25, 0.3) is 0 Å². The van der Waals surface area contributed by atoms with Gasteiger partial charge in [0.2, 0.25) is 0 Å². The molecule has 6 heteroatoms. The fourth-order valence-corrected chi connectivity index (χ4v) is 5.60. The van der Waals surface area contributed by atoms with Gasteiger partial charge < -0.3 is 10.1 Å². The number of thiophene rings is 2. The molecule has 0 aromatic carbocycles. The van der Waals surface area contributed by atoms with Crippen LogP contribution < -0.4 is 5.32 Å². The van der Waals surface area contributed by atoms with E-state index in [0.29, 0.717) is 22.0 Å². The van der Waals surface area contributed by atoms with Gasteiger partial charge in [0.15, 0.2) is 0 Å². The van der Waals surface area contributed by atoms with Gasteiger partial charge in [-0.25, -0.2) is 4.79 Å². The molecule has 2 aromatic rings. The Balaban J connectivity index is 1.92. The van der Waals surface area contributed by atoms with Crippen molar-refractivity contribution in [3.05, 3.63) is 37.9 Å². The van der Waals surface area contributed by atoms with Gasteiger partial charge in [0.05, 0.1) is 17.2 Å². The van der Waals surface area contributed by atoms with Crippen LogP contribution in [0.5, 0.6) is 0 Å². The lowest BCUT2D eigenvalue weighted by Gasteiger charge is -2.21. The van der Waals surface area contributed by atoms with E-state index < -0.39 is 0 Å². The first kappa shape index (κ1) is 20.1. The Hall–Kier alpha value is -1.66. The number of hydrogen-bond acceptors (Lipinski definition) is 5. The van der Waals surface area contributed by atoms with Gasteiger partial charge in [-0.05, 0) is 57.1 Å². The number of esters is 1. The van der Waals surface area contributed by atoms with E-state index >= 15 is 0 Å². The van der Waals surface area contributed by atoms with Crippen LogP contribution in [0.2, 0.25) is 0 Å². The van der Waals surface area contributed by atoms with Crippen molar-refractivity contribution in [2.45, 2.75) is 65.9 Å². The van der Waals surface area contributed by atoms with E-state index in [1.807, 2.05) is 25.3 Å². The average molecular weight is 406 g/mol. The molecule has 4 nitrogen and oxygen atoms in total. The predicted octanol–water partition coefficient (Wildman–Crippen LogP) is 5.70. The zero-order chi connectivity index (χ0) is 19.6. The molecule has 0 fully saturated rings. The Bertz CT molecular complexity index is 835. The lowest BCUT2D eigenvalue weighted by molar-refractivity contribution is 0.0378. The van der Waals surface area contributed by atoms with E-state index in [1.54, 1.807) is 22.7 Å². The molecule has 0 spiro atoms. The van der Waals surface area contributed by atoms with Crippen molar-refractivity contribution >= 4 is 39.6 Å². The van der Waals surface area contributed by atoms with E-state index in [1.165, 1.54) is 9.75 Å². The van der Waals surface area contributed by atoms with E-state index in [2.05, 4.69) is 19.2 Å². The van der Waals surface area contributed by atoms with Crippen LogP contribution in [0.4, 0.5) is 5.00 Å². The highest BCUT2D eigenvalue weighted by Crippen LogP contribution is 2.41. The van der Waals surface area contributed by atoms with Crippen LogP contribution in [-0.2, 0) is 24.0 Å². The highest BCUT2D eigenvalue weighted by molar-refractivity contribution is 7.17. The highest BCUT2D eigenvalue weighted by atomic mass is 32.1. The standard InChI is InChI=1S/C21H27NO3S2/c1-5-13-7-8-16-17(9-13)27-20(18(16)21(24)25-12(3)4)22-19(23)14-10-15(6-2)26-11-14/h10-13H,5-9H2,1-4H3,(H,22,23). The summed E-state index contributed by atoms with van der Waals surface area (Å²) in [4.78, 5) is 27.9. The Kier molecular flexibility index (Phi) is 6.37. The maximum atomic E-state index is 12.8. The van der Waals surface area contributed by atoms with Crippen molar-refractivity contribution in [3.63, 3.8) is 0 Å². The first-order valence-corrected chi connectivity index (χ1v) is 11.4. The Morgan fingerprint density at radius 3 is 2.74 bits per heavy atom. The Morgan fingerprint density at radius 2 is 2.11 bits per heavy atom. The lowest BCUT2D eigenvalue weighted by atomic mass is 9.85. The smallest absolute Gasteiger partial charge is 0.341 e. The van der Waals surface area contributed by atoms with Crippen LogP contribution in [0.3, 0.4) is 0 Å². The number of nitrogens with one attached hydrogen (secondary N) is 1. The normalized spacial score (nSPS) is 16.3. The second-order valence-electron chi connectivity index (χ2n) is 7.29. The minimum Gasteiger partial charge on any atom is -0.459 e. The second kappa shape index (κ2) is 8.57. The van der Waals surface area contributed by atoms with Gasteiger partial charge >= 0.3 is 5.97 Å². The highest BCUT2D eigenvalue weighted by Gasteiger charge is 2.30. The molecule has 146 valence electrons. The molecule has 1 amide bonds. The summed E-state index contributed by atoms with van der Waals surface area (Å²) in [6.45, 7) is 7.98. The first-order valence-electron chi connectivity index (χ1n) is 9.67. The fraction of sp³-hybridized carbons (Fsp3) is 0.524. The summed E-state index contributed by atoms with van der Waals surface area (Å²) in [5, 5.41) is 5.51. The van der Waals surface area contributed by atoms with Crippen molar-refractivity contribution < 1.29 is 14.3 Å². The average Bonchev–Trinajstić information content (AvgIpc) is 3.24. The summed E-state index contributed by atoms with van der Waals surface area (Å²) in [6, 6.07) is 1.92. The van der Waals surface area contributed by atoms with Crippen molar-refractivity contribution in [1.82, 2.24) is 0 Å². The van der Waals surface area contributed by atoms with Crippen LogP contribution in [0.1, 0.15) is 76.6 Å². The van der Waals surface area contributed by atoms with Crippen LogP contribution in [0.15, 0.2) is 11.4 Å². The molecule has 2 heterocycles. The SMILES string of the molecule is CCc1cc(C(=O)Nc2sc3c(c2C(=O)OC(C)C)CCC(CC)C3)cs1. The van der Waals surface area contributed by atoms with Gasteiger partial charge in [0, 0.05) is 15.1 Å². The van der Waals surface area contributed by atoms with Gasteiger partial charge in [-0.2, -0.15) is 0 Å². The van der Waals surface area contributed by atoms with Gasteiger partial charge in [-0.3, -0.25) is 4.79 Å². The summed E-state index contributed by atoms with van der Waals surface area (Å²) >= 11 is 3.13. The van der Waals surface area contributed by atoms with Crippen molar-refractivity contribution in [1.29, 1.82) is 0 Å². The summed E-state index contributed by atoms with van der Waals surface area (Å²) in [6.07, 6.45) is 4.80.